The molecule has 0 saturated carbocycles. The summed E-state index contributed by atoms with van der Waals surface area (Å²) in [5.74, 6) is 0. The fourth-order valence-electron chi connectivity index (χ4n) is 2.80. The van der Waals surface area contributed by atoms with E-state index in [0.29, 0.717) is 25.9 Å². The highest BCUT2D eigenvalue weighted by atomic mass is 16.6. The fraction of sp³-hybridized carbons (Fsp3) is 0.368. The first-order valence-corrected chi connectivity index (χ1v) is 8.19. The van der Waals surface area contributed by atoms with E-state index in [2.05, 4.69) is 29.6 Å². The van der Waals surface area contributed by atoms with Crippen LogP contribution >= 0.6 is 0 Å². The second-order valence-corrected chi connectivity index (χ2v) is 6.45. The van der Waals surface area contributed by atoms with Gasteiger partial charge in [-0.15, -0.1) is 0 Å². The van der Waals surface area contributed by atoms with Crippen LogP contribution in [0.5, 0.6) is 0 Å². The van der Waals surface area contributed by atoms with Crippen LogP contribution in [0.25, 0.3) is 0 Å². The summed E-state index contributed by atoms with van der Waals surface area (Å²) in [5, 5.41) is 14.0. The van der Waals surface area contributed by atoms with Gasteiger partial charge in [0.15, 0.2) is 0 Å². The van der Waals surface area contributed by atoms with Gasteiger partial charge in [0.1, 0.15) is 0 Å². The summed E-state index contributed by atoms with van der Waals surface area (Å²) in [6, 6.07) is 19.6. The summed E-state index contributed by atoms with van der Waals surface area (Å²) < 4.78 is 0. The van der Waals surface area contributed by atoms with Gasteiger partial charge in [-0.1, -0.05) is 60.7 Å². The molecule has 24 heavy (non-hydrogen) atoms. The Labute approximate surface area is 143 Å². The Morgan fingerprint density at radius 2 is 1.50 bits per heavy atom. The summed E-state index contributed by atoms with van der Waals surface area (Å²) in [4.78, 5) is 10.5. The lowest BCUT2D eigenvalue weighted by atomic mass is 9.85. The van der Waals surface area contributed by atoms with E-state index in [-0.39, 0.29) is 4.92 Å². The molecule has 128 valence electrons. The lowest BCUT2D eigenvalue weighted by Crippen LogP contribution is -2.53. The van der Waals surface area contributed by atoms with Gasteiger partial charge >= 0.3 is 0 Å². The van der Waals surface area contributed by atoms with Crippen LogP contribution in [-0.2, 0) is 12.8 Å². The molecule has 0 saturated heterocycles. The van der Waals surface area contributed by atoms with Crippen LogP contribution in [-0.4, -0.2) is 29.6 Å². The van der Waals surface area contributed by atoms with Crippen LogP contribution in [0.1, 0.15) is 18.1 Å². The third-order valence-corrected chi connectivity index (χ3v) is 4.07. The van der Waals surface area contributed by atoms with Gasteiger partial charge in [-0.25, -0.2) is 0 Å². The minimum Gasteiger partial charge on any atom is -0.323 e. The molecule has 0 aliphatic rings. The molecular formula is C19H25N3O2. The van der Waals surface area contributed by atoms with E-state index in [4.69, 9.17) is 5.73 Å². The van der Waals surface area contributed by atoms with E-state index in [1.54, 1.807) is 6.92 Å². The zero-order valence-electron chi connectivity index (χ0n) is 14.0. The van der Waals surface area contributed by atoms with Crippen molar-refractivity contribution in [2.24, 2.45) is 5.73 Å². The Hall–Kier alpha value is -2.24. The second-order valence-electron chi connectivity index (χ2n) is 6.45. The van der Waals surface area contributed by atoms with Crippen LogP contribution in [0.4, 0.5) is 0 Å². The maximum atomic E-state index is 10.8. The Balaban J connectivity index is 2.06. The molecule has 1 atom stereocenters. The maximum absolute atomic E-state index is 10.8. The molecular weight excluding hydrogens is 302 g/mol. The van der Waals surface area contributed by atoms with Crippen LogP contribution in [0.15, 0.2) is 60.7 Å². The Morgan fingerprint density at radius 1 is 1.04 bits per heavy atom. The molecule has 5 heteroatoms. The molecule has 2 rings (SSSR count). The van der Waals surface area contributed by atoms with Gasteiger partial charge in [0.05, 0.1) is 6.54 Å². The number of nitrogens with one attached hydrogen (secondary N) is 1. The SMILES string of the molecule is CC(CNCC(N)(Cc1ccccc1)Cc1ccccc1)[N+](=O)[O-]. The number of nitrogens with zero attached hydrogens (tertiary/aromatic N) is 1. The van der Waals surface area contributed by atoms with Crippen molar-refractivity contribution < 1.29 is 4.92 Å². The number of nitro groups is 1. The smallest absolute Gasteiger partial charge is 0.222 e. The van der Waals surface area contributed by atoms with E-state index in [9.17, 15) is 10.1 Å². The average Bonchev–Trinajstić information content (AvgIpc) is 2.56. The lowest BCUT2D eigenvalue weighted by molar-refractivity contribution is -0.515. The zero-order chi connectivity index (χ0) is 17.4. The van der Waals surface area contributed by atoms with Crippen LogP contribution in [0.3, 0.4) is 0 Å². The number of nitrogens with two attached hydrogens (primary N) is 1. The summed E-state index contributed by atoms with van der Waals surface area (Å²) in [7, 11) is 0. The van der Waals surface area contributed by atoms with Gasteiger partial charge in [0.25, 0.3) is 0 Å². The Morgan fingerprint density at radius 3 is 1.92 bits per heavy atom. The van der Waals surface area contributed by atoms with Crippen molar-refractivity contribution in [2.75, 3.05) is 13.1 Å². The molecule has 0 radical (unpaired) electrons. The largest absolute Gasteiger partial charge is 0.323 e. The summed E-state index contributed by atoms with van der Waals surface area (Å²) in [6.07, 6.45) is 1.42. The third-order valence-electron chi connectivity index (χ3n) is 4.07. The molecule has 2 aromatic rings. The molecule has 0 spiro atoms. The monoisotopic (exact) mass is 327 g/mol. The molecule has 2 aromatic carbocycles. The van der Waals surface area contributed by atoms with Crippen LogP contribution in [0, 0.1) is 10.1 Å². The van der Waals surface area contributed by atoms with Gasteiger partial charge in [-0.05, 0) is 24.0 Å². The Bertz CT molecular complexity index is 590. The minimum atomic E-state index is -0.622. The molecule has 3 N–H and O–H groups in total. The second kappa shape index (κ2) is 8.57. The summed E-state index contributed by atoms with van der Waals surface area (Å²) in [6.45, 7) is 2.43. The highest BCUT2D eigenvalue weighted by molar-refractivity contribution is 5.22. The van der Waals surface area contributed by atoms with Crippen molar-refractivity contribution in [3.63, 3.8) is 0 Å². The molecule has 0 amide bonds. The predicted octanol–water partition coefficient (Wildman–Crippen LogP) is 2.42. The molecule has 1 unspecified atom stereocenters. The van der Waals surface area contributed by atoms with Crippen molar-refractivity contribution in [1.29, 1.82) is 0 Å². The first-order valence-electron chi connectivity index (χ1n) is 8.19. The van der Waals surface area contributed by atoms with E-state index >= 15 is 0 Å². The highest BCUT2D eigenvalue weighted by Crippen LogP contribution is 2.17. The summed E-state index contributed by atoms with van der Waals surface area (Å²) >= 11 is 0. The summed E-state index contributed by atoms with van der Waals surface area (Å²) in [5.41, 5.74) is 8.52. The van der Waals surface area contributed by atoms with Gasteiger partial charge in [0, 0.05) is 23.9 Å². The van der Waals surface area contributed by atoms with Gasteiger partial charge in [-0.3, -0.25) is 10.1 Å². The van der Waals surface area contributed by atoms with Gasteiger partial charge < -0.3 is 11.1 Å². The molecule has 0 bridgehead atoms. The van der Waals surface area contributed by atoms with Crippen molar-refractivity contribution in [3.8, 4) is 0 Å². The molecule has 0 fully saturated rings. The van der Waals surface area contributed by atoms with E-state index in [1.165, 1.54) is 11.1 Å². The fourth-order valence-corrected chi connectivity index (χ4v) is 2.80. The van der Waals surface area contributed by atoms with Crippen LogP contribution < -0.4 is 11.1 Å². The first-order chi connectivity index (χ1) is 11.5. The molecule has 0 aromatic heterocycles. The van der Waals surface area contributed by atoms with Gasteiger partial charge in [0.2, 0.25) is 6.04 Å². The minimum absolute atomic E-state index is 0.278. The zero-order valence-corrected chi connectivity index (χ0v) is 14.0. The van der Waals surface area contributed by atoms with Crippen molar-refractivity contribution >= 4 is 0 Å². The molecule has 0 aliphatic carbocycles. The third kappa shape index (κ3) is 5.76. The van der Waals surface area contributed by atoms with E-state index in [0.717, 1.165) is 0 Å². The van der Waals surface area contributed by atoms with Gasteiger partial charge in [-0.2, -0.15) is 0 Å². The quantitative estimate of drug-likeness (QED) is 0.547. The lowest BCUT2D eigenvalue weighted by Gasteiger charge is -2.30. The first kappa shape index (κ1) is 18.1. The van der Waals surface area contributed by atoms with Crippen molar-refractivity contribution in [2.45, 2.75) is 31.3 Å². The molecule has 0 aliphatic heterocycles. The standard InChI is InChI=1S/C19H25N3O2/c1-16(22(23)24)14-21-15-19(20,12-17-8-4-2-5-9-17)13-18-10-6-3-7-11-18/h2-11,16,21H,12-15,20H2,1H3. The molecule has 5 nitrogen and oxygen atoms in total. The molecule has 0 heterocycles. The van der Waals surface area contributed by atoms with Crippen LogP contribution in [0.2, 0.25) is 0 Å². The van der Waals surface area contributed by atoms with E-state index in [1.807, 2.05) is 36.4 Å². The average molecular weight is 327 g/mol. The van der Waals surface area contributed by atoms with Crippen molar-refractivity contribution in [1.82, 2.24) is 5.32 Å². The normalized spacial score (nSPS) is 12.8. The number of hydrogen-bond donors (Lipinski definition) is 2. The number of benzene rings is 2. The Kier molecular flexibility index (Phi) is 6.46. The van der Waals surface area contributed by atoms with E-state index < -0.39 is 11.6 Å². The highest BCUT2D eigenvalue weighted by Gasteiger charge is 2.26. The maximum Gasteiger partial charge on any atom is 0.222 e. The number of rotatable bonds is 9. The predicted molar refractivity (Wildman–Crippen MR) is 96.5 cm³/mol. The topological polar surface area (TPSA) is 81.2 Å². The number of hydrogen-bond acceptors (Lipinski definition) is 4. The van der Waals surface area contributed by atoms with Crippen molar-refractivity contribution in [3.05, 3.63) is 81.9 Å².